The zero-order valence-corrected chi connectivity index (χ0v) is 15.5. The Morgan fingerprint density at radius 2 is 1.65 bits per heavy atom. The molecule has 0 aromatic rings. The third kappa shape index (κ3) is 8.44. The van der Waals surface area contributed by atoms with Gasteiger partial charge in [-0.2, -0.15) is 0 Å². The Balaban J connectivity index is 4.91. The lowest BCUT2D eigenvalue weighted by Gasteiger charge is -2.36. The van der Waals surface area contributed by atoms with Gasteiger partial charge in [-0.3, -0.25) is 4.79 Å². The summed E-state index contributed by atoms with van der Waals surface area (Å²) in [5.74, 6) is -4.26. The molecular formula is C18H28O8-2. The van der Waals surface area contributed by atoms with E-state index in [2.05, 4.69) is 6.58 Å². The monoisotopic (exact) mass is 372 g/mol. The summed E-state index contributed by atoms with van der Waals surface area (Å²) < 4.78 is 14.8. The molecule has 1 unspecified atom stereocenters. The topological polar surface area (TPSA) is 125 Å². The lowest BCUT2D eigenvalue weighted by molar-refractivity contribution is -0.322. The van der Waals surface area contributed by atoms with E-state index in [1.54, 1.807) is 0 Å². The van der Waals surface area contributed by atoms with Crippen LogP contribution in [0.5, 0.6) is 0 Å². The van der Waals surface area contributed by atoms with Crippen molar-refractivity contribution in [1.29, 1.82) is 0 Å². The summed E-state index contributed by atoms with van der Waals surface area (Å²) in [5.41, 5.74) is -2.74. The Morgan fingerprint density at radius 3 is 2.19 bits per heavy atom. The minimum atomic E-state index is -2.05. The number of methoxy groups -OCH3 is 1. The maximum absolute atomic E-state index is 11.9. The molecule has 0 aliphatic heterocycles. The number of ether oxygens (including phenoxy) is 3. The fourth-order valence-electron chi connectivity index (χ4n) is 2.50. The molecule has 150 valence electrons. The van der Waals surface area contributed by atoms with Gasteiger partial charge in [0.2, 0.25) is 0 Å². The summed E-state index contributed by atoms with van der Waals surface area (Å²) in [6.45, 7) is 6.52. The van der Waals surface area contributed by atoms with Crippen molar-refractivity contribution in [2.45, 2.75) is 45.4 Å². The predicted octanol–water partition coefficient (Wildman–Crippen LogP) is -0.404. The standard InChI is InChI=1S/C18H30O8/c1-4-25-10-8-6-5-7-9-18(17(22)23,14(2)16(20)21)13-15(19)26-12-11-24-3/h2,4-13H2,1,3H3,(H,20,21)(H,22,23)/p-2. The lowest BCUT2D eigenvalue weighted by Crippen LogP contribution is -2.49. The fourth-order valence-corrected chi connectivity index (χ4v) is 2.50. The Labute approximate surface area is 154 Å². The number of aliphatic carboxylic acids is 2. The van der Waals surface area contributed by atoms with E-state index in [-0.39, 0.29) is 19.6 Å². The average molecular weight is 372 g/mol. The van der Waals surface area contributed by atoms with Crippen molar-refractivity contribution in [3.05, 3.63) is 12.2 Å². The van der Waals surface area contributed by atoms with Crippen molar-refractivity contribution in [2.24, 2.45) is 5.41 Å². The molecule has 1 atom stereocenters. The predicted molar refractivity (Wildman–Crippen MR) is 88.6 cm³/mol. The zero-order valence-electron chi connectivity index (χ0n) is 15.5. The minimum Gasteiger partial charge on any atom is -0.549 e. The van der Waals surface area contributed by atoms with Crippen LogP contribution in [-0.4, -0.2) is 51.4 Å². The molecule has 26 heavy (non-hydrogen) atoms. The van der Waals surface area contributed by atoms with Crippen LogP contribution in [0, 0.1) is 5.41 Å². The van der Waals surface area contributed by atoms with Gasteiger partial charge in [-0.1, -0.05) is 25.8 Å². The number of hydrogen-bond donors (Lipinski definition) is 0. The molecule has 8 heteroatoms. The van der Waals surface area contributed by atoms with Crippen molar-refractivity contribution < 1.29 is 38.8 Å². The van der Waals surface area contributed by atoms with Gasteiger partial charge in [-0.05, 0) is 25.3 Å². The number of carboxylic acid groups (broad SMARTS) is 2. The highest BCUT2D eigenvalue weighted by molar-refractivity contribution is 5.96. The number of carboxylic acids is 2. The number of carbonyl (C=O) groups excluding carboxylic acids is 3. The van der Waals surface area contributed by atoms with Gasteiger partial charge in [-0.25, -0.2) is 0 Å². The summed E-state index contributed by atoms with van der Waals surface area (Å²) >= 11 is 0. The van der Waals surface area contributed by atoms with Crippen molar-refractivity contribution in [1.82, 2.24) is 0 Å². The quantitative estimate of drug-likeness (QED) is 0.203. The number of unbranched alkanes of at least 4 members (excludes halogenated alkanes) is 3. The molecule has 8 nitrogen and oxygen atoms in total. The van der Waals surface area contributed by atoms with Crippen molar-refractivity contribution in [2.75, 3.05) is 33.5 Å². The van der Waals surface area contributed by atoms with E-state index < -0.39 is 35.3 Å². The first-order chi connectivity index (χ1) is 12.3. The normalized spacial score (nSPS) is 13.0. The van der Waals surface area contributed by atoms with E-state index in [0.717, 1.165) is 12.8 Å². The Kier molecular flexibility index (Phi) is 12.3. The second-order valence-corrected chi connectivity index (χ2v) is 5.89. The molecule has 0 rings (SSSR count). The molecule has 0 fully saturated rings. The van der Waals surface area contributed by atoms with Gasteiger partial charge in [0.25, 0.3) is 0 Å². The number of hydrogen-bond acceptors (Lipinski definition) is 8. The fraction of sp³-hybridized carbons (Fsp3) is 0.722. The first kappa shape index (κ1) is 24.1. The van der Waals surface area contributed by atoms with Crippen LogP contribution in [-0.2, 0) is 28.6 Å². The number of rotatable bonds is 16. The molecule has 0 saturated carbocycles. The van der Waals surface area contributed by atoms with E-state index >= 15 is 0 Å². The maximum atomic E-state index is 11.9. The molecule has 0 N–H and O–H groups in total. The van der Waals surface area contributed by atoms with Gasteiger partial charge in [0.15, 0.2) is 0 Å². The summed E-state index contributed by atoms with van der Waals surface area (Å²) in [4.78, 5) is 34.9. The highest BCUT2D eigenvalue weighted by Crippen LogP contribution is 2.36. The molecular weight excluding hydrogens is 344 g/mol. The van der Waals surface area contributed by atoms with E-state index in [1.165, 1.54) is 7.11 Å². The molecule has 0 aliphatic rings. The van der Waals surface area contributed by atoms with Crippen molar-refractivity contribution in [3.8, 4) is 0 Å². The molecule has 0 spiro atoms. The van der Waals surface area contributed by atoms with Gasteiger partial charge in [-0.15, -0.1) is 0 Å². The summed E-state index contributed by atoms with van der Waals surface area (Å²) in [6.07, 6.45) is 1.87. The zero-order chi connectivity index (χ0) is 20.0. The minimum absolute atomic E-state index is 0.0618. The molecule has 0 radical (unpaired) electrons. The Hall–Kier alpha value is -1.93. The molecule has 0 heterocycles. The second kappa shape index (κ2) is 13.3. The van der Waals surface area contributed by atoms with Gasteiger partial charge in [0.05, 0.1) is 25.0 Å². The van der Waals surface area contributed by atoms with Crippen molar-refractivity contribution >= 4 is 17.9 Å². The van der Waals surface area contributed by atoms with Gasteiger partial charge < -0.3 is 34.0 Å². The van der Waals surface area contributed by atoms with Crippen LogP contribution in [0.15, 0.2) is 12.2 Å². The smallest absolute Gasteiger partial charge is 0.307 e. The van der Waals surface area contributed by atoms with E-state index in [4.69, 9.17) is 14.2 Å². The van der Waals surface area contributed by atoms with E-state index in [9.17, 15) is 24.6 Å². The van der Waals surface area contributed by atoms with E-state index in [1.807, 2.05) is 6.92 Å². The number of esters is 1. The van der Waals surface area contributed by atoms with Crippen LogP contribution >= 0.6 is 0 Å². The maximum Gasteiger partial charge on any atom is 0.307 e. The van der Waals surface area contributed by atoms with Gasteiger partial charge in [0.1, 0.15) is 6.61 Å². The molecule has 0 aromatic carbocycles. The van der Waals surface area contributed by atoms with Crippen molar-refractivity contribution in [3.63, 3.8) is 0 Å². The summed E-state index contributed by atoms with van der Waals surface area (Å²) in [5, 5.41) is 22.9. The molecule has 0 aromatic heterocycles. The average Bonchev–Trinajstić information content (AvgIpc) is 2.59. The number of carbonyl (C=O) groups is 3. The second-order valence-electron chi connectivity index (χ2n) is 5.89. The largest absolute Gasteiger partial charge is 0.549 e. The van der Waals surface area contributed by atoms with Crippen LogP contribution in [0.3, 0.4) is 0 Å². The van der Waals surface area contributed by atoms with Crippen LogP contribution < -0.4 is 10.2 Å². The first-order valence-corrected chi connectivity index (χ1v) is 8.66. The SMILES string of the molecule is C=C(C(=O)[O-])C(CCCCCCOCC)(CC(=O)OCCOC)C(=O)[O-]. The Bertz CT molecular complexity index is 474. The molecule has 0 aliphatic carbocycles. The van der Waals surface area contributed by atoms with Crippen LogP contribution in [0.2, 0.25) is 0 Å². The molecule has 0 bridgehead atoms. The lowest BCUT2D eigenvalue weighted by atomic mass is 9.73. The Morgan fingerprint density at radius 1 is 1.00 bits per heavy atom. The van der Waals surface area contributed by atoms with Crippen LogP contribution in [0.4, 0.5) is 0 Å². The highest BCUT2D eigenvalue weighted by atomic mass is 16.6. The van der Waals surface area contributed by atoms with Gasteiger partial charge in [0, 0.05) is 25.7 Å². The summed E-state index contributed by atoms with van der Waals surface area (Å²) in [6, 6.07) is 0. The van der Waals surface area contributed by atoms with Gasteiger partial charge >= 0.3 is 5.97 Å². The first-order valence-electron chi connectivity index (χ1n) is 8.66. The highest BCUT2D eigenvalue weighted by Gasteiger charge is 2.38. The molecule has 0 amide bonds. The third-order valence-corrected chi connectivity index (χ3v) is 4.06. The summed E-state index contributed by atoms with van der Waals surface area (Å²) in [7, 11) is 1.42. The molecule has 0 saturated heterocycles. The third-order valence-electron chi connectivity index (χ3n) is 4.06. The van der Waals surface area contributed by atoms with Crippen LogP contribution in [0.25, 0.3) is 0 Å². The van der Waals surface area contributed by atoms with Crippen LogP contribution in [0.1, 0.15) is 45.4 Å². The van der Waals surface area contributed by atoms with E-state index in [0.29, 0.717) is 26.1 Å².